The summed E-state index contributed by atoms with van der Waals surface area (Å²) in [5.74, 6) is -2.15. The lowest BCUT2D eigenvalue weighted by Gasteiger charge is -2.07. The predicted molar refractivity (Wildman–Crippen MR) is 41.0 cm³/mol. The van der Waals surface area contributed by atoms with Crippen molar-refractivity contribution in [2.24, 2.45) is 0 Å². The molecule has 0 aliphatic heterocycles. The highest BCUT2D eigenvalue weighted by atomic mass is 19.3. The quantitative estimate of drug-likeness (QED) is 0.697. The molecule has 0 fully saturated rings. The Kier molecular flexibility index (Phi) is 2.68. The molecule has 1 aromatic rings. The van der Waals surface area contributed by atoms with E-state index in [1.54, 1.807) is 18.5 Å². The van der Waals surface area contributed by atoms with Crippen molar-refractivity contribution in [1.29, 1.82) is 0 Å². The molecule has 0 atom stereocenters. The summed E-state index contributed by atoms with van der Waals surface area (Å²) in [5, 5.41) is 0. The van der Waals surface area contributed by atoms with Crippen LogP contribution in [0.5, 0.6) is 0 Å². The van der Waals surface area contributed by atoms with Gasteiger partial charge in [-0.3, -0.25) is 0 Å². The lowest BCUT2D eigenvalue weighted by atomic mass is 10.2. The first-order chi connectivity index (χ1) is 5.58. The second kappa shape index (κ2) is 3.56. The fraction of sp³-hybridized carbons (Fsp3) is 0.500. The van der Waals surface area contributed by atoms with E-state index in [0.717, 1.165) is 6.92 Å². The molecule has 1 rings (SSSR count). The highest BCUT2D eigenvalue weighted by Crippen LogP contribution is 2.17. The SMILES string of the molecule is CC(F)(F)CCc1ncccn1. The third-order valence-corrected chi connectivity index (χ3v) is 1.41. The van der Waals surface area contributed by atoms with Crippen molar-refractivity contribution in [3.63, 3.8) is 0 Å². The summed E-state index contributed by atoms with van der Waals surface area (Å²) < 4.78 is 24.7. The Morgan fingerprint density at radius 2 is 1.92 bits per heavy atom. The summed E-state index contributed by atoms with van der Waals surface area (Å²) in [6, 6.07) is 1.66. The zero-order valence-electron chi connectivity index (χ0n) is 6.80. The van der Waals surface area contributed by atoms with Gasteiger partial charge in [-0.2, -0.15) is 0 Å². The van der Waals surface area contributed by atoms with Gasteiger partial charge in [0, 0.05) is 25.2 Å². The molecule has 0 radical (unpaired) electrons. The van der Waals surface area contributed by atoms with Gasteiger partial charge in [0.15, 0.2) is 0 Å². The van der Waals surface area contributed by atoms with Crippen LogP contribution in [0.1, 0.15) is 19.2 Å². The number of rotatable bonds is 3. The molecule has 4 heteroatoms. The molecule has 0 aliphatic carbocycles. The summed E-state index contributed by atoms with van der Waals surface area (Å²) in [4.78, 5) is 7.67. The van der Waals surface area contributed by atoms with Gasteiger partial charge in [0.05, 0.1) is 0 Å². The molecule has 66 valence electrons. The minimum absolute atomic E-state index is 0.197. The van der Waals surface area contributed by atoms with Gasteiger partial charge in [-0.1, -0.05) is 0 Å². The number of aryl methyl sites for hydroxylation is 1. The van der Waals surface area contributed by atoms with Crippen LogP contribution < -0.4 is 0 Å². The number of aromatic nitrogens is 2. The molecule has 12 heavy (non-hydrogen) atoms. The number of nitrogens with zero attached hydrogens (tertiary/aromatic N) is 2. The second-order valence-corrected chi connectivity index (χ2v) is 2.74. The Bertz CT molecular complexity index is 231. The van der Waals surface area contributed by atoms with Crippen molar-refractivity contribution in [2.45, 2.75) is 25.7 Å². The van der Waals surface area contributed by atoms with Crippen molar-refractivity contribution in [1.82, 2.24) is 9.97 Å². The summed E-state index contributed by atoms with van der Waals surface area (Å²) in [6.45, 7) is 0.899. The molecule has 0 spiro atoms. The minimum Gasteiger partial charge on any atom is -0.241 e. The maximum Gasteiger partial charge on any atom is 0.245 e. The van der Waals surface area contributed by atoms with Crippen LogP contribution in [0, 0.1) is 0 Å². The Balaban J connectivity index is 2.44. The van der Waals surface area contributed by atoms with E-state index in [0.29, 0.717) is 5.82 Å². The van der Waals surface area contributed by atoms with Crippen LogP contribution in [0.15, 0.2) is 18.5 Å². The van der Waals surface area contributed by atoms with Gasteiger partial charge in [-0.15, -0.1) is 0 Å². The molecule has 0 bridgehead atoms. The molecule has 0 saturated heterocycles. The Labute approximate surface area is 69.7 Å². The van der Waals surface area contributed by atoms with E-state index in [9.17, 15) is 8.78 Å². The summed E-state index contributed by atoms with van der Waals surface area (Å²) in [7, 11) is 0. The molecule has 0 aliphatic rings. The summed E-state index contributed by atoms with van der Waals surface area (Å²) in [6.07, 6.45) is 3.13. The maximum absolute atomic E-state index is 12.4. The third-order valence-electron chi connectivity index (χ3n) is 1.41. The molecule has 0 unspecified atom stereocenters. The Hall–Kier alpha value is -1.06. The van der Waals surface area contributed by atoms with Crippen molar-refractivity contribution in [3.05, 3.63) is 24.3 Å². The summed E-state index contributed by atoms with van der Waals surface area (Å²) in [5.41, 5.74) is 0. The number of halogens is 2. The average molecular weight is 172 g/mol. The minimum atomic E-state index is -2.63. The van der Waals surface area contributed by atoms with E-state index in [-0.39, 0.29) is 12.8 Å². The van der Waals surface area contributed by atoms with Gasteiger partial charge in [0.1, 0.15) is 5.82 Å². The lowest BCUT2D eigenvalue weighted by Crippen LogP contribution is -2.11. The van der Waals surface area contributed by atoms with Gasteiger partial charge in [0.25, 0.3) is 0 Å². The van der Waals surface area contributed by atoms with Gasteiger partial charge < -0.3 is 0 Å². The van der Waals surface area contributed by atoms with E-state index < -0.39 is 5.92 Å². The van der Waals surface area contributed by atoms with Crippen molar-refractivity contribution in [2.75, 3.05) is 0 Å². The largest absolute Gasteiger partial charge is 0.245 e. The number of hydrogen-bond acceptors (Lipinski definition) is 2. The predicted octanol–water partition coefficient (Wildman–Crippen LogP) is 2.06. The first-order valence-electron chi connectivity index (χ1n) is 3.72. The average Bonchev–Trinajstić information content (AvgIpc) is 2.02. The zero-order chi connectivity index (χ0) is 9.03. The monoisotopic (exact) mass is 172 g/mol. The maximum atomic E-state index is 12.4. The molecule has 0 saturated carbocycles. The van der Waals surface area contributed by atoms with Gasteiger partial charge in [-0.05, 0) is 13.0 Å². The normalized spacial score (nSPS) is 11.6. The fourth-order valence-corrected chi connectivity index (χ4v) is 0.790. The first-order valence-corrected chi connectivity index (χ1v) is 3.72. The van der Waals surface area contributed by atoms with Crippen molar-refractivity contribution < 1.29 is 8.78 Å². The van der Waals surface area contributed by atoms with Crippen LogP contribution in [0.2, 0.25) is 0 Å². The standard InChI is InChI=1S/C8H10F2N2/c1-8(9,10)4-3-7-11-5-2-6-12-7/h2,5-6H,3-4H2,1H3. The van der Waals surface area contributed by atoms with Gasteiger partial charge in [-0.25, -0.2) is 18.7 Å². The van der Waals surface area contributed by atoms with Crippen LogP contribution in [0.4, 0.5) is 8.78 Å². The number of alkyl halides is 2. The van der Waals surface area contributed by atoms with Crippen LogP contribution in [0.25, 0.3) is 0 Å². The van der Waals surface area contributed by atoms with E-state index in [4.69, 9.17) is 0 Å². The smallest absolute Gasteiger partial charge is 0.241 e. The topological polar surface area (TPSA) is 25.8 Å². The van der Waals surface area contributed by atoms with E-state index in [1.807, 2.05) is 0 Å². The zero-order valence-corrected chi connectivity index (χ0v) is 6.80. The van der Waals surface area contributed by atoms with Crippen molar-refractivity contribution in [3.8, 4) is 0 Å². The van der Waals surface area contributed by atoms with Crippen LogP contribution in [-0.4, -0.2) is 15.9 Å². The highest BCUT2D eigenvalue weighted by Gasteiger charge is 2.20. The molecule has 1 heterocycles. The molecule has 1 aromatic heterocycles. The van der Waals surface area contributed by atoms with Crippen molar-refractivity contribution >= 4 is 0 Å². The molecule has 2 nitrogen and oxygen atoms in total. The first kappa shape index (κ1) is 9.03. The lowest BCUT2D eigenvalue weighted by molar-refractivity contribution is 0.0128. The molecular formula is C8H10F2N2. The van der Waals surface area contributed by atoms with Crippen LogP contribution >= 0.6 is 0 Å². The van der Waals surface area contributed by atoms with Crippen LogP contribution in [-0.2, 0) is 6.42 Å². The third kappa shape index (κ3) is 3.37. The highest BCUT2D eigenvalue weighted by molar-refractivity contribution is 4.89. The van der Waals surface area contributed by atoms with E-state index >= 15 is 0 Å². The van der Waals surface area contributed by atoms with Gasteiger partial charge >= 0.3 is 0 Å². The van der Waals surface area contributed by atoms with Gasteiger partial charge in [0.2, 0.25) is 5.92 Å². The Morgan fingerprint density at radius 1 is 1.33 bits per heavy atom. The molecular weight excluding hydrogens is 162 g/mol. The fourth-order valence-electron chi connectivity index (χ4n) is 0.790. The van der Waals surface area contributed by atoms with E-state index in [1.165, 1.54) is 0 Å². The van der Waals surface area contributed by atoms with E-state index in [2.05, 4.69) is 9.97 Å². The van der Waals surface area contributed by atoms with Crippen LogP contribution in [0.3, 0.4) is 0 Å². The molecule has 0 aromatic carbocycles. The summed E-state index contributed by atoms with van der Waals surface area (Å²) >= 11 is 0. The second-order valence-electron chi connectivity index (χ2n) is 2.74. The molecule has 0 amide bonds. The molecule has 0 N–H and O–H groups in total. The number of hydrogen-bond donors (Lipinski definition) is 0. The Morgan fingerprint density at radius 3 is 2.42 bits per heavy atom.